The fraction of sp³-hybridized carbons (Fsp3) is 0.100. The largest absolute Gasteiger partial charge is 0.436 e. The van der Waals surface area contributed by atoms with E-state index in [1.54, 1.807) is 0 Å². The molecule has 3 nitrogen and oxygen atoms in total. The number of nitrogens with zero attached hydrogens (tertiary/aromatic N) is 1. The minimum absolute atomic E-state index is 0.729. The minimum atomic E-state index is 0.729. The van der Waals surface area contributed by atoms with Crippen molar-refractivity contribution >= 4 is 17.2 Å². The van der Waals surface area contributed by atoms with E-state index in [4.69, 9.17) is 4.74 Å². The van der Waals surface area contributed by atoms with Crippen LogP contribution in [0.1, 0.15) is 5.56 Å². The molecule has 1 N–H and O–H groups in total. The zero-order valence-corrected chi connectivity index (χ0v) is 8.17. The molecule has 0 spiro atoms. The molecule has 0 atom stereocenters. The van der Waals surface area contributed by atoms with Crippen LogP contribution in [0.25, 0.3) is 0 Å². The summed E-state index contributed by atoms with van der Waals surface area (Å²) in [6, 6.07) is 7.89. The molecule has 0 bridgehead atoms. The number of nitrogens with one attached hydrogen (secondary N) is 1. The summed E-state index contributed by atoms with van der Waals surface area (Å²) < 4.78 is 9.87. The third kappa shape index (κ3) is 1.15. The van der Waals surface area contributed by atoms with E-state index in [9.17, 15) is 0 Å². The van der Waals surface area contributed by atoms with Gasteiger partial charge >= 0.3 is 0 Å². The van der Waals surface area contributed by atoms with Crippen LogP contribution in [0.5, 0.6) is 11.6 Å². The van der Waals surface area contributed by atoms with Gasteiger partial charge in [-0.2, -0.15) is 4.37 Å². The Morgan fingerprint density at radius 3 is 3.29 bits per heavy atom. The number of hydrogen-bond donors (Lipinski definition) is 1. The summed E-state index contributed by atoms with van der Waals surface area (Å²) in [5, 5.41) is 5.32. The normalized spacial score (nSPS) is 13.1. The smallest absolute Gasteiger partial charge is 0.235 e. The number of anilines is 1. The molecule has 3 rings (SSSR count). The summed E-state index contributed by atoms with van der Waals surface area (Å²) in [6.45, 7) is 0.781. The summed E-state index contributed by atoms with van der Waals surface area (Å²) in [5.41, 5.74) is 2.14. The summed E-state index contributed by atoms with van der Waals surface area (Å²) in [6.07, 6.45) is 0. The Morgan fingerprint density at radius 1 is 1.36 bits per heavy atom. The molecule has 4 heteroatoms. The van der Waals surface area contributed by atoms with Crippen LogP contribution in [-0.4, -0.2) is 4.37 Å². The Hall–Kier alpha value is -1.55. The van der Waals surface area contributed by atoms with Crippen molar-refractivity contribution in [3.8, 4) is 11.6 Å². The zero-order valence-electron chi connectivity index (χ0n) is 7.36. The van der Waals surface area contributed by atoms with Gasteiger partial charge in [0.15, 0.2) is 5.75 Å². The highest BCUT2D eigenvalue weighted by Gasteiger charge is 2.14. The first-order valence-corrected chi connectivity index (χ1v) is 5.21. The molecule has 1 aliphatic rings. The van der Waals surface area contributed by atoms with Crippen LogP contribution in [0.2, 0.25) is 0 Å². The van der Waals surface area contributed by atoms with Gasteiger partial charge in [0.1, 0.15) is 0 Å². The first-order valence-electron chi connectivity index (χ1n) is 4.37. The van der Waals surface area contributed by atoms with Gasteiger partial charge in [0, 0.05) is 17.5 Å². The van der Waals surface area contributed by atoms with Gasteiger partial charge in [-0.25, -0.2) is 0 Å². The number of aromatic nitrogens is 1. The number of benzene rings is 1. The molecule has 70 valence electrons. The topological polar surface area (TPSA) is 34.2 Å². The second kappa shape index (κ2) is 2.99. The molecule has 14 heavy (non-hydrogen) atoms. The molecule has 0 unspecified atom stereocenters. The molecule has 0 amide bonds. The SMILES string of the molecule is c1ccc2c(c1)NCc1csnc1O2. The average molecular weight is 204 g/mol. The molecule has 2 aromatic rings. The van der Waals surface area contributed by atoms with Crippen molar-refractivity contribution < 1.29 is 4.74 Å². The molecule has 1 aromatic carbocycles. The maximum absolute atomic E-state index is 5.68. The van der Waals surface area contributed by atoms with E-state index in [0.717, 1.165) is 29.4 Å². The van der Waals surface area contributed by atoms with Gasteiger partial charge in [0.25, 0.3) is 0 Å². The Labute approximate surface area is 85.5 Å². The Morgan fingerprint density at radius 2 is 2.29 bits per heavy atom. The quantitative estimate of drug-likeness (QED) is 0.716. The maximum Gasteiger partial charge on any atom is 0.235 e. The van der Waals surface area contributed by atoms with Crippen LogP contribution < -0.4 is 10.1 Å². The molecular formula is C10H8N2OS. The minimum Gasteiger partial charge on any atom is -0.436 e. The molecule has 0 fully saturated rings. The van der Waals surface area contributed by atoms with Gasteiger partial charge in [0.05, 0.1) is 5.69 Å². The van der Waals surface area contributed by atoms with Crippen LogP contribution in [0.15, 0.2) is 29.6 Å². The lowest BCUT2D eigenvalue weighted by molar-refractivity contribution is 0.470. The molecule has 1 aliphatic heterocycles. The van der Waals surface area contributed by atoms with E-state index in [1.165, 1.54) is 11.5 Å². The summed E-state index contributed by atoms with van der Waals surface area (Å²) >= 11 is 1.42. The fourth-order valence-electron chi connectivity index (χ4n) is 1.44. The lowest BCUT2D eigenvalue weighted by atomic mass is 10.3. The third-order valence-corrected chi connectivity index (χ3v) is 2.83. The van der Waals surface area contributed by atoms with E-state index in [1.807, 2.05) is 29.6 Å². The maximum atomic E-state index is 5.68. The molecule has 0 radical (unpaired) electrons. The number of ether oxygens (including phenoxy) is 1. The van der Waals surface area contributed by atoms with E-state index in [0.29, 0.717) is 0 Å². The molecule has 0 saturated carbocycles. The predicted octanol–water partition coefficient (Wildman–Crippen LogP) is 2.86. The molecule has 2 heterocycles. The van der Waals surface area contributed by atoms with Crippen molar-refractivity contribution in [2.45, 2.75) is 6.54 Å². The Kier molecular flexibility index (Phi) is 1.67. The Balaban J connectivity index is 2.10. The van der Waals surface area contributed by atoms with Crippen molar-refractivity contribution in [3.05, 3.63) is 35.2 Å². The van der Waals surface area contributed by atoms with Crippen LogP contribution in [0.4, 0.5) is 5.69 Å². The van der Waals surface area contributed by atoms with Gasteiger partial charge in [-0.05, 0) is 23.7 Å². The number of hydrogen-bond acceptors (Lipinski definition) is 4. The molecule has 0 saturated heterocycles. The van der Waals surface area contributed by atoms with Gasteiger partial charge in [-0.1, -0.05) is 12.1 Å². The second-order valence-corrected chi connectivity index (χ2v) is 3.73. The van der Waals surface area contributed by atoms with Crippen LogP contribution >= 0.6 is 11.5 Å². The highest BCUT2D eigenvalue weighted by molar-refractivity contribution is 7.03. The van der Waals surface area contributed by atoms with Crippen LogP contribution in [0, 0.1) is 0 Å². The predicted molar refractivity (Wildman–Crippen MR) is 56.0 cm³/mol. The van der Waals surface area contributed by atoms with Gasteiger partial charge in [-0.15, -0.1) is 0 Å². The van der Waals surface area contributed by atoms with Gasteiger partial charge in [-0.3, -0.25) is 0 Å². The standard InChI is InChI=1S/C10H8N2OS/c1-2-4-9-8(3-1)11-5-7-6-14-12-10(7)13-9/h1-4,6,11H,5H2. The zero-order chi connectivity index (χ0) is 9.38. The van der Waals surface area contributed by atoms with E-state index in [2.05, 4.69) is 9.69 Å². The van der Waals surface area contributed by atoms with Gasteiger partial charge in [0.2, 0.25) is 5.88 Å². The molecule has 1 aromatic heterocycles. The highest BCUT2D eigenvalue weighted by atomic mass is 32.1. The van der Waals surface area contributed by atoms with Crippen molar-refractivity contribution in [1.82, 2.24) is 4.37 Å². The van der Waals surface area contributed by atoms with Crippen LogP contribution in [-0.2, 0) is 6.54 Å². The van der Waals surface area contributed by atoms with E-state index < -0.39 is 0 Å². The second-order valence-electron chi connectivity index (χ2n) is 3.10. The fourth-order valence-corrected chi connectivity index (χ4v) is 2.06. The van der Waals surface area contributed by atoms with E-state index >= 15 is 0 Å². The monoisotopic (exact) mass is 204 g/mol. The Bertz CT molecular complexity index is 467. The van der Waals surface area contributed by atoms with Crippen molar-refractivity contribution in [1.29, 1.82) is 0 Å². The number of fused-ring (bicyclic) bond motifs is 2. The third-order valence-electron chi connectivity index (χ3n) is 2.17. The molecule has 0 aliphatic carbocycles. The number of rotatable bonds is 0. The first-order chi connectivity index (χ1) is 6.93. The van der Waals surface area contributed by atoms with Crippen molar-refractivity contribution in [3.63, 3.8) is 0 Å². The summed E-state index contributed by atoms with van der Waals surface area (Å²) in [7, 11) is 0. The summed E-state index contributed by atoms with van der Waals surface area (Å²) in [4.78, 5) is 0. The first kappa shape index (κ1) is 7.82. The van der Waals surface area contributed by atoms with Crippen LogP contribution in [0.3, 0.4) is 0 Å². The number of para-hydroxylation sites is 2. The highest BCUT2D eigenvalue weighted by Crippen LogP contribution is 2.34. The molecular weight excluding hydrogens is 196 g/mol. The van der Waals surface area contributed by atoms with E-state index in [-0.39, 0.29) is 0 Å². The van der Waals surface area contributed by atoms with Gasteiger partial charge < -0.3 is 10.1 Å². The lowest BCUT2D eigenvalue weighted by Gasteiger charge is -2.05. The average Bonchev–Trinajstić information content (AvgIpc) is 2.58. The van der Waals surface area contributed by atoms with Crippen molar-refractivity contribution in [2.24, 2.45) is 0 Å². The van der Waals surface area contributed by atoms with Crippen molar-refractivity contribution in [2.75, 3.05) is 5.32 Å². The lowest BCUT2D eigenvalue weighted by Crippen LogP contribution is -1.95. The summed E-state index contributed by atoms with van der Waals surface area (Å²) in [5.74, 6) is 1.57.